The molecule has 0 aliphatic heterocycles. The quantitative estimate of drug-likeness (QED) is 0.714. The second kappa shape index (κ2) is 6.28. The Kier molecular flexibility index (Phi) is 4.84. The summed E-state index contributed by atoms with van der Waals surface area (Å²) < 4.78 is 6.67. The summed E-state index contributed by atoms with van der Waals surface area (Å²) in [5.41, 5.74) is 1.69. The number of Topliss-reactive ketones (excluding diaryl/α,β-unsaturated/α-hetero) is 1. The number of rotatable bonds is 4. The molecule has 5 heteroatoms. The summed E-state index contributed by atoms with van der Waals surface area (Å²) in [6.45, 7) is 8.31. The smallest absolute Gasteiger partial charge is 0.163 e. The lowest BCUT2D eigenvalue weighted by Crippen LogP contribution is -2.11. The highest BCUT2D eigenvalue weighted by Crippen LogP contribution is 2.27. The van der Waals surface area contributed by atoms with Crippen molar-refractivity contribution in [3.63, 3.8) is 0 Å². The molecule has 1 heterocycles. The second-order valence-corrected chi connectivity index (χ2v) is 7.72. The fourth-order valence-corrected chi connectivity index (χ4v) is 3.04. The van der Waals surface area contributed by atoms with Crippen LogP contribution in [0, 0.1) is 0 Å². The Bertz CT molecular complexity index is 659. The molecule has 0 N–H and O–H groups in total. The molecule has 1 aromatic carbocycles. The first-order valence-electron chi connectivity index (χ1n) is 6.65. The number of nitrogens with zero attached hydrogens (tertiary/aromatic N) is 1. The number of benzene rings is 1. The summed E-state index contributed by atoms with van der Waals surface area (Å²) in [7, 11) is 0. The first-order chi connectivity index (χ1) is 9.77. The Labute approximate surface area is 137 Å². The van der Waals surface area contributed by atoms with E-state index in [1.165, 1.54) is 6.92 Å². The molecule has 0 atom stereocenters. The van der Waals surface area contributed by atoms with Gasteiger partial charge in [0.25, 0.3) is 0 Å². The van der Waals surface area contributed by atoms with Gasteiger partial charge in [-0.2, -0.15) is 0 Å². The zero-order valence-corrected chi connectivity index (χ0v) is 15.0. The summed E-state index contributed by atoms with van der Waals surface area (Å²) in [5.74, 6) is 0.580. The lowest BCUT2D eigenvalue weighted by Gasteiger charge is -2.14. The van der Waals surface area contributed by atoms with Gasteiger partial charge in [-0.25, -0.2) is 4.98 Å². The minimum absolute atomic E-state index is 0.00739. The molecule has 0 fully saturated rings. The third kappa shape index (κ3) is 4.14. The van der Waals surface area contributed by atoms with Crippen molar-refractivity contribution in [2.24, 2.45) is 0 Å². The second-order valence-electron chi connectivity index (χ2n) is 5.86. The highest BCUT2D eigenvalue weighted by molar-refractivity contribution is 9.10. The van der Waals surface area contributed by atoms with E-state index in [0.29, 0.717) is 17.9 Å². The molecule has 2 rings (SSSR count). The summed E-state index contributed by atoms with van der Waals surface area (Å²) >= 11 is 4.98. The zero-order valence-electron chi connectivity index (χ0n) is 12.6. The maximum Gasteiger partial charge on any atom is 0.163 e. The van der Waals surface area contributed by atoms with Crippen molar-refractivity contribution in [3.05, 3.63) is 44.3 Å². The molecular formula is C16H18BrNO2S. The van der Waals surface area contributed by atoms with Crippen LogP contribution in [0.1, 0.15) is 48.8 Å². The van der Waals surface area contributed by atoms with E-state index >= 15 is 0 Å². The van der Waals surface area contributed by atoms with Gasteiger partial charge < -0.3 is 4.74 Å². The fraction of sp³-hybridized carbons (Fsp3) is 0.375. The van der Waals surface area contributed by atoms with Crippen LogP contribution in [0.15, 0.2) is 28.1 Å². The Morgan fingerprint density at radius 2 is 2.10 bits per heavy atom. The molecule has 1 aromatic heterocycles. The topological polar surface area (TPSA) is 39.2 Å². The summed E-state index contributed by atoms with van der Waals surface area (Å²) in [4.78, 5) is 16.2. The largest absolute Gasteiger partial charge is 0.486 e. The Morgan fingerprint density at radius 3 is 2.67 bits per heavy atom. The Morgan fingerprint density at radius 1 is 1.38 bits per heavy atom. The van der Waals surface area contributed by atoms with Gasteiger partial charge in [0, 0.05) is 15.3 Å². The Balaban J connectivity index is 2.15. The van der Waals surface area contributed by atoms with Gasteiger partial charge in [-0.3, -0.25) is 4.79 Å². The summed E-state index contributed by atoms with van der Waals surface area (Å²) in [6.07, 6.45) is 0. The Hall–Kier alpha value is -1.20. The van der Waals surface area contributed by atoms with Gasteiger partial charge in [0.15, 0.2) is 5.78 Å². The lowest BCUT2D eigenvalue weighted by molar-refractivity contribution is 0.101. The third-order valence-electron chi connectivity index (χ3n) is 2.99. The molecule has 0 amide bonds. The highest BCUT2D eigenvalue weighted by atomic mass is 79.9. The molecule has 3 nitrogen and oxygen atoms in total. The van der Waals surface area contributed by atoms with Gasteiger partial charge in [-0.05, 0) is 25.1 Å². The van der Waals surface area contributed by atoms with E-state index in [1.54, 1.807) is 17.4 Å². The number of carbonyl (C=O) groups excluding carboxylic acids is 1. The van der Waals surface area contributed by atoms with E-state index in [4.69, 9.17) is 4.74 Å². The average molecular weight is 368 g/mol. The monoisotopic (exact) mass is 367 g/mol. The molecule has 112 valence electrons. The van der Waals surface area contributed by atoms with Crippen LogP contribution in [-0.2, 0) is 12.0 Å². The third-order valence-corrected chi connectivity index (χ3v) is 4.31. The van der Waals surface area contributed by atoms with Crippen LogP contribution < -0.4 is 4.74 Å². The van der Waals surface area contributed by atoms with Crippen molar-refractivity contribution in [1.82, 2.24) is 4.98 Å². The molecule has 0 aliphatic carbocycles. The summed E-state index contributed by atoms with van der Waals surface area (Å²) in [5, 5.41) is 2.97. The van der Waals surface area contributed by atoms with Crippen LogP contribution in [0.3, 0.4) is 0 Å². The molecule has 0 aliphatic rings. The molecule has 0 saturated heterocycles. The van der Waals surface area contributed by atoms with Crippen LogP contribution in [0.5, 0.6) is 5.75 Å². The maximum absolute atomic E-state index is 11.6. The molecular weight excluding hydrogens is 350 g/mol. The predicted molar refractivity (Wildman–Crippen MR) is 89.3 cm³/mol. The number of hydrogen-bond donors (Lipinski definition) is 0. The minimum Gasteiger partial charge on any atom is -0.486 e. The lowest BCUT2D eigenvalue weighted by atomic mass is 9.93. The average Bonchev–Trinajstić information content (AvgIpc) is 2.84. The van der Waals surface area contributed by atoms with E-state index < -0.39 is 0 Å². The SMILES string of the molecule is CC(=O)c1ccc(Br)cc1OCc1nc(C(C)(C)C)cs1. The van der Waals surface area contributed by atoms with Crippen molar-refractivity contribution < 1.29 is 9.53 Å². The van der Waals surface area contributed by atoms with Crippen LogP contribution in [0.4, 0.5) is 0 Å². The zero-order chi connectivity index (χ0) is 15.6. The first-order valence-corrected chi connectivity index (χ1v) is 8.33. The van der Waals surface area contributed by atoms with E-state index in [0.717, 1.165) is 15.2 Å². The molecule has 0 unspecified atom stereocenters. The normalized spacial score (nSPS) is 11.5. The number of carbonyl (C=O) groups is 1. The number of ketones is 1. The van der Waals surface area contributed by atoms with E-state index in [1.807, 2.05) is 12.1 Å². The first kappa shape index (κ1) is 16.2. The molecule has 0 spiro atoms. The molecule has 2 aromatic rings. The van der Waals surface area contributed by atoms with E-state index in [2.05, 4.69) is 47.1 Å². The van der Waals surface area contributed by atoms with Gasteiger partial charge in [0.1, 0.15) is 17.4 Å². The standard InChI is InChI=1S/C16H18BrNO2S/c1-10(19)12-6-5-11(17)7-13(12)20-8-15-18-14(9-21-15)16(2,3)4/h5-7,9H,8H2,1-4H3. The van der Waals surface area contributed by atoms with Crippen molar-refractivity contribution in [2.45, 2.75) is 39.7 Å². The number of hydrogen-bond acceptors (Lipinski definition) is 4. The number of aromatic nitrogens is 1. The van der Waals surface area contributed by atoms with Gasteiger partial charge in [0.05, 0.1) is 11.3 Å². The molecule has 0 bridgehead atoms. The molecule has 21 heavy (non-hydrogen) atoms. The van der Waals surface area contributed by atoms with Crippen molar-refractivity contribution in [3.8, 4) is 5.75 Å². The number of halogens is 1. The number of thiazole rings is 1. The van der Waals surface area contributed by atoms with Gasteiger partial charge >= 0.3 is 0 Å². The van der Waals surface area contributed by atoms with Crippen LogP contribution in [-0.4, -0.2) is 10.8 Å². The van der Waals surface area contributed by atoms with Crippen LogP contribution in [0.25, 0.3) is 0 Å². The van der Waals surface area contributed by atoms with Crippen LogP contribution in [0.2, 0.25) is 0 Å². The van der Waals surface area contributed by atoms with Gasteiger partial charge in [-0.15, -0.1) is 11.3 Å². The predicted octanol–water partition coefficient (Wildman–Crippen LogP) is 4.98. The molecule has 0 saturated carbocycles. The van der Waals surface area contributed by atoms with Crippen LogP contribution >= 0.6 is 27.3 Å². The minimum atomic E-state index is -0.00739. The maximum atomic E-state index is 11.6. The van der Waals surface area contributed by atoms with Crippen molar-refractivity contribution >= 4 is 33.0 Å². The van der Waals surface area contributed by atoms with Crippen molar-refractivity contribution in [2.75, 3.05) is 0 Å². The summed E-state index contributed by atoms with van der Waals surface area (Å²) in [6, 6.07) is 5.42. The van der Waals surface area contributed by atoms with Gasteiger partial charge in [0.2, 0.25) is 0 Å². The molecule has 0 radical (unpaired) electrons. The highest BCUT2D eigenvalue weighted by Gasteiger charge is 2.18. The van der Waals surface area contributed by atoms with Gasteiger partial charge in [-0.1, -0.05) is 36.7 Å². The van der Waals surface area contributed by atoms with E-state index in [9.17, 15) is 4.79 Å². The van der Waals surface area contributed by atoms with E-state index in [-0.39, 0.29) is 11.2 Å². The van der Waals surface area contributed by atoms with Crippen molar-refractivity contribution in [1.29, 1.82) is 0 Å². The fourth-order valence-electron chi connectivity index (χ4n) is 1.77. The number of ether oxygens (including phenoxy) is 1.